The van der Waals surface area contributed by atoms with Crippen molar-refractivity contribution < 1.29 is 14.3 Å². The largest absolute Gasteiger partial charge is 0.488 e. The van der Waals surface area contributed by atoms with Crippen molar-refractivity contribution in [3.8, 4) is 11.6 Å². The van der Waals surface area contributed by atoms with E-state index in [0.29, 0.717) is 24.6 Å². The lowest BCUT2D eigenvalue weighted by molar-refractivity contribution is 0.0929. The topological polar surface area (TPSA) is 60.5 Å². The summed E-state index contributed by atoms with van der Waals surface area (Å²) in [5.74, 6) is 1.06. The third-order valence-electron chi connectivity index (χ3n) is 3.50. The highest BCUT2D eigenvalue weighted by Crippen LogP contribution is 2.27. The molecule has 1 amide bonds. The van der Waals surface area contributed by atoms with Crippen LogP contribution in [0.5, 0.6) is 11.6 Å². The van der Waals surface area contributed by atoms with Crippen molar-refractivity contribution in [2.75, 3.05) is 13.2 Å². The summed E-state index contributed by atoms with van der Waals surface area (Å²) in [7, 11) is 0. The molecular formula is C17H18N2O3. The molecule has 114 valence electrons. The first-order valence-corrected chi connectivity index (χ1v) is 7.38. The maximum Gasteiger partial charge on any atom is 0.256 e. The molecule has 22 heavy (non-hydrogen) atoms. The van der Waals surface area contributed by atoms with Gasteiger partial charge in [0.05, 0.1) is 13.2 Å². The Labute approximate surface area is 129 Å². The van der Waals surface area contributed by atoms with Crippen LogP contribution in [-0.2, 0) is 6.42 Å². The van der Waals surface area contributed by atoms with Gasteiger partial charge in [0.1, 0.15) is 17.4 Å². The standard InChI is InChI=1S/C17H18N2O3/c1-2-21-17-14(7-5-9-18-17)16(20)19-11-13-10-12-6-3-4-8-15(12)22-13/h3-9,13H,2,10-11H2,1H3,(H,19,20)/t13-/m0/s1. The Morgan fingerprint density at radius 2 is 2.23 bits per heavy atom. The number of pyridine rings is 1. The van der Waals surface area contributed by atoms with Crippen LogP contribution < -0.4 is 14.8 Å². The van der Waals surface area contributed by atoms with E-state index in [1.807, 2.05) is 31.2 Å². The predicted octanol–water partition coefficient (Wildman–Crippen LogP) is 2.21. The molecule has 5 nitrogen and oxygen atoms in total. The molecule has 1 atom stereocenters. The molecule has 2 aromatic rings. The van der Waals surface area contributed by atoms with Crippen LogP contribution >= 0.6 is 0 Å². The van der Waals surface area contributed by atoms with Crippen molar-refractivity contribution >= 4 is 5.91 Å². The van der Waals surface area contributed by atoms with E-state index in [0.717, 1.165) is 12.2 Å². The number of fused-ring (bicyclic) bond motifs is 1. The highest BCUT2D eigenvalue weighted by molar-refractivity contribution is 5.96. The number of hydrogen-bond donors (Lipinski definition) is 1. The molecule has 5 heteroatoms. The SMILES string of the molecule is CCOc1ncccc1C(=O)NC[C@@H]1Cc2ccccc2O1. The number of para-hydroxylation sites is 1. The van der Waals surface area contributed by atoms with Gasteiger partial charge in [-0.3, -0.25) is 4.79 Å². The third kappa shape index (κ3) is 3.03. The van der Waals surface area contributed by atoms with Crippen molar-refractivity contribution in [2.45, 2.75) is 19.4 Å². The van der Waals surface area contributed by atoms with E-state index >= 15 is 0 Å². The highest BCUT2D eigenvalue weighted by atomic mass is 16.5. The molecule has 1 aromatic carbocycles. The number of carbonyl (C=O) groups excluding carboxylic acids is 1. The molecule has 3 rings (SSSR count). The van der Waals surface area contributed by atoms with Gasteiger partial charge in [0.2, 0.25) is 5.88 Å². The van der Waals surface area contributed by atoms with Crippen molar-refractivity contribution in [3.05, 3.63) is 53.7 Å². The van der Waals surface area contributed by atoms with Gasteiger partial charge < -0.3 is 14.8 Å². The van der Waals surface area contributed by atoms with E-state index in [-0.39, 0.29) is 12.0 Å². The summed E-state index contributed by atoms with van der Waals surface area (Å²) in [4.78, 5) is 16.4. The Morgan fingerprint density at radius 1 is 1.36 bits per heavy atom. The number of nitrogens with zero attached hydrogens (tertiary/aromatic N) is 1. The first-order valence-electron chi connectivity index (χ1n) is 7.38. The second-order valence-corrected chi connectivity index (χ2v) is 5.05. The molecule has 0 aliphatic carbocycles. The molecule has 0 spiro atoms. The minimum atomic E-state index is -0.198. The summed E-state index contributed by atoms with van der Waals surface area (Å²) in [6, 6.07) is 11.4. The van der Waals surface area contributed by atoms with Gasteiger partial charge in [-0.05, 0) is 30.7 Å². The number of nitrogens with one attached hydrogen (secondary N) is 1. The second-order valence-electron chi connectivity index (χ2n) is 5.05. The number of carbonyl (C=O) groups is 1. The van der Waals surface area contributed by atoms with E-state index in [2.05, 4.69) is 10.3 Å². The smallest absolute Gasteiger partial charge is 0.256 e. The lowest BCUT2D eigenvalue weighted by Crippen LogP contribution is -2.34. The van der Waals surface area contributed by atoms with Crippen LogP contribution in [0.1, 0.15) is 22.8 Å². The van der Waals surface area contributed by atoms with E-state index < -0.39 is 0 Å². The summed E-state index contributed by atoms with van der Waals surface area (Å²) in [6.45, 7) is 2.78. The summed E-state index contributed by atoms with van der Waals surface area (Å²) in [5, 5.41) is 2.89. The summed E-state index contributed by atoms with van der Waals surface area (Å²) in [5.41, 5.74) is 1.62. The molecule has 0 fully saturated rings. The Kier molecular flexibility index (Phi) is 4.23. The fraction of sp³-hybridized carbons (Fsp3) is 0.294. The predicted molar refractivity (Wildman–Crippen MR) is 82.3 cm³/mol. The monoisotopic (exact) mass is 298 g/mol. The lowest BCUT2D eigenvalue weighted by atomic mass is 10.1. The molecule has 0 bridgehead atoms. The maximum absolute atomic E-state index is 12.3. The number of amides is 1. The Morgan fingerprint density at radius 3 is 3.05 bits per heavy atom. The molecule has 1 aliphatic rings. The third-order valence-corrected chi connectivity index (χ3v) is 3.50. The van der Waals surface area contributed by atoms with Gasteiger partial charge in [-0.25, -0.2) is 4.98 Å². The number of hydrogen-bond acceptors (Lipinski definition) is 4. The van der Waals surface area contributed by atoms with Gasteiger partial charge in [-0.1, -0.05) is 18.2 Å². The van der Waals surface area contributed by atoms with Crippen LogP contribution in [0.2, 0.25) is 0 Å². The van der Waals surface area contributed by atoms with Crippen LogP contribution in [0, 0.1) is 0 Å². The first-order chi connectivity index (χ1) is 10.8. The number of aromatic nitrogens is 1. The second kappa shape index (κ2) is 6.47. The zero-order valence-corrected chi connectivity index (χ0v) is 12.4. The normalized spacial score (nSPS) is 15.8. The van der Waals surface area contributed by atoms with E-state index in [9.17, 15) is 4.79 Å². The summed E-state index contributed by atoms with van der Waals surface area (Å²) < 4.78 is 11.2. The van der Waals surface area contributed by atoms with Gasteiger partial charge in [-0.2, -0.15) is 0 Å². The summed E-state index contributed by atoms with van der Waals surface area (Å²) >= 11 is 0. The van der Waals surface area contributed by atoms with Crippen molar-refractivity contribution in [1.29, 1.82) is 0 Å². The Hall–Kier alpha value is -2.56. The van der Waals surface area contributed by atoms with Crippen LogP contribution in [0.3, 0.4) is 0 Å². The first kappa shape index (κ1) is 14.4. The van der Waals surface area contributed by atoms with Gasteiger partial charge in [0.25, 0.3) is 5.91 Å². The Balaban J connectivity index is 1.60. The van der Waals surface area contributed by atoms with Crippen molar-refractivity contribution in [2.24, 2.45) is 0 Å². The average Bonchev–Trinajstić information content (AvgIpc) is 2.96. The molecule has 0 saturated carbocycles. The van der Waals surface area contributed by atoms with Crippen LogP contribution in [0.25, 0.3) is 0 Å². The van der Waals surface area contributed by atoms with Gasteiger partial charge >= 0.3 is 0 Å². The van der Waals surface area contributed by atoms with E-state index in [1.54, 1.807) is 18.3 Å². The lowest BCUT2D eigenvalue weighted by Gasteiger charge is -2.13. The zero-order chi connectivity index (χ0) is 15.4. The van der Waals surface area contributed by atoms with E-state index in [1.165, 1.54) is 5.56 Å². The van der Waals surface area contributed by atoms with Gasteiger partial charge in [0.15, 0.2) is 0 Å². The van der Waals surface area contributed by atoms with Crippen LogP contribution in [0.4, 0.5) is 0 Å². The number of rotatable bonds is 5. The minimum Gasteiger partial charge on any atom is -0.488 e. The van der Waals surface area contributed by atoms with Crippen molar-refractivity contribution in [3.63, 3.8) is 0 Å². The van der Waals surface area contributed by atoms with Gasteiger partial charge in [0, 0.05) is 12.6 Å². The molecule has 1 N–H and O–H groups in total. The average molecular weight is 298 g/mol. The highest BCUT2D eigenvalue weighted by Gasteiger charge is 2.23. The van der Waals surface area contributed by atoms with Crippen LogP contribution in [-0.4, -0.2) is 30.1 Å². The molecule has 0 unspecified atom stereocenters. The molecule has 0 saturated heterocycles. The maximum atomic E-state index is 12.3. The molecule has 1 aromatic heterocycles. The fourth-order valence-electron chi connectivity index (χ4n) is 2.48. The Bertz CT molecular complexity index is 647. The molecule has 2 heterocycles. The zero-order valence-electron chi connectivity index (χ0n) is 12.4. The van der Waals surface area contributed by atoms with Gasteiger partial charge in [-0.15, -0.1) is 0 Å². The van der Waals surface area contributed by atoms with Crippen molar-refractivity contribution in [1.82, 2.24) is 10.3 Å². The molecular weight excluding hydrogens is 280 g/mol. The fourth-order valence-corrected chi connectivity index (χ4v) is 2.48. The minimum absolute atomic E-state index is 0.0337. The quantitative estimate of drug-likeness (QED) is 0.919. The molecule has 1 aliphatic heterocycles. The number of ether oxygens (including phenoxy) is 2. The number of benzene rings is 1. The van der Waals surface area contributed by atoms with E-state index in [4.69, 9.17) is 9.47 Å². The van der Waals surface area contributed by atoms with Crippen LogP contribution in [0.15, 0.2) is 42.6 Å². The summed E-state index contributed by atoms with van der Waals surface area (Å²) in [6.07, 6.45) is 2.38. The molecule has 0 radical (unpaired) electrons.